The van der Waals surface area contributed by atoms with Gasteiger partial charge in [-0.3, -0.25) is 4.79 Å². The summed E-state index contributed by atoms with van der Waals surface area (Å²) in [4.78, 5) is 22.9. The van der Waals surface area contributed by atoms with Crippen LogP contribution in [-0.4, -0.2) is 42.3 Å². The number of halogens is 2. The molecule has 0 aliphatic heterocycles. The number of nitrogens with zero attached hydrogens (tertiary/aromatic N) is 4. The maximum Gasteiger partial charge on any atom is 0.306 e. The van der Waals surface area contributed by atoms with Crippen molar-refractivity contribution < 1.29 is 23.4 Å². The molecule has 1 saturated carbocycles. The minimum absolute atomic E-state index is 0.0357. The van der Waals surface area contributed by atoms with Crippen LogP contribution in [0.25, 0.3) is 33.8 Å². The quantitative estimate of drug-likeness (QED) is 0.390. The van der Waals surface area contributed by atoms with E-state index >= 15 is 0 Å². The van der Waals surface area contributed by atoms with Crippen molar-refractivity contribution >= 4 is 17.0 Å². The van der Waals surface area contributed by atoms with E-state index in [1.54, 1.807) is 30.5 Å². The molecule has 1 aliphatic carbocycles. The number of pyridine rings is 1. The number of hydrogen-bond donors (Lipinski definition) is 2. The Morgan fingerprint density at radius 1 is 1.06 bits per heavy atom. The molecule has 35 heavy (non-hydrogen) atoms. The van der Waals surface area contributed by atoms with Gasteiger partial charge in [0.25, 0.3) is 5.92 Å². The van der Waals surface area contributed by atoms with Crippen LogP contribution in [0.5, 0.6) is 5.88 Å². The highest BCUT2D eigenvalue weighted by molar-refractivity contribution is 5.79. The van der Waals surface area contributed by atoms with Crippen LogP contribution < -0.4 is 4.74 Å². The highest BCUT2D eigenvalue weighted by Gasteiger charge is 2.27. The molecule has 180 valence electrons. The summed E-state index contributed by atoms with van der Waals surface area (Å²) in [6, 6.07) is 11.4. The number of alkyl halides is 2. The van der Waals surface area contributed by atoms with Gasteiger partial charge in [0.15, 0.2) is 5.82 Å². The van der Waals surface area contributed by atoms with Crippen molar-refractivity contribution in [3.8, 4) is 28.7 Å². The van der Waals surface area contributed by atoms with E-state index in [2.05, 4.69) is 25.1 Å². The number of ether oxygens (including phenoxy) is 1. The van der Waals surface area contributed by atoms with E-state index in [1.165, 1.54) is 12.1 Å². The van der Waals surface area contributed by atoms with Gasteiger partial charge in [-0.05, 0) is 56.0 Å². The van der Waals surface area contributed by atoms with Crippen molar-refractivity contribution in [1.29, 1.82) is 0 Å². The third-order valence-corrected chi connectivity index (χ3v) is 6.24. The first kappa shape index (κ1) is 22.8. The lowest BCUT2D eigenvalue weighted by Crippen LogP contribution is -2.28. The molecule has 0 saturated heterocycles. The minimum Gasteiger partial charge on any atom is -0.481 e. The number of aromatic amines is 1. The summed E-state index contributed by atoms with van der Waals surface area (Å²) in [7, 11) is 0. The highest BCUT2D eigenvalue weighted by atomic mass is 19.3. The Balaban J connectivity index is 1.26. The summed E-state index contributed by atoms with van der Waals surface area (Å²) >= 11 is 0. The van der Waals surface area contributed by atoms with Crippen LogP contribution in [0.15, 0.2) is 48.7 Å². The normalized spacial score (nSPS) is 18.5. The summed E-state index contributed by atoms with van der Waals surface area (Å²) in [6.45, 7) is 0.857. The molecule has 8 nitrogen and oxygen atoms in total. The van der Waals surface area contributed by atoms with Gasteiger partial charge < -0.3 is 14.8 Å². The fraction of sp³-hybridized carbons (Fsp3) is 0.320. The molecular weight excluding hydrogens is 456 g/mol. The Morgan fingerprint density at radius 3 is 2.43 bits per heavy atom. The van der Waals surface area contributed by atoms with Gasteiger partial charge in [0, 0.05) is 30.3 Å². The number of nitrogens with one attached hydrogen (secondary N) is 1. The number of aliphatic carboxylic acids is 1. The lowest BCUT2D eigenvalue weighted by molar-refractivity contribution is -0.143. The van der Waals surface area contributed by atoms with Gasteiger partial charge in [0.05, 0.1) is 22.6 Å². The fourth-order valence-corrected chi connectivity index (χ4v) is 4.22. The standard InChI is InChI=1S/C25H23F2N5O3/c1-25(26,27)16-5-8-19-21(12-16)30-23(29-19)20-10-9-18(31-32-20)15-4-11-22(28-13-15)35-17-6-2-14(3-7-17)24(33)34/h4-5,8-14,17H,2-3,6-7H2,1H3,(H,29,30)(H,33,34). The average molecular weight is 479 g/mol. The van der Waals surface area contributed by atoms with E-state index in [9.17, 15) is 13.6 Å². The molecule has 0 unspecified atom stereocenters. The van der Waals surface area contributed by atoms with Crippen LogP contribution in [0.1, 0.15) is 38.2 Å². The molecule has 5 rings (SSSR count). The predicted octanol–water partition coefficient (Wildman–Crippen LogP) is 5.22. The van der Waals surface area contributed by atoms with Crippen molar-refractivity contribution in [3.05, 3.63) is 54.2 Å². The van der Waals surface area contributed by atoms with Crippen LogP contribution in [0.4, 0.5) is 8.78 Å². The molecule has 0 bridgehead atoms. The van der Waals surface area contributed by atoms with Crippen molar-refractivity contribution in [3.63, 3.8) is 0 Å². The largest absolute Gasteiger partial charge is 0.481 e. The number of carboxylic acids is 1. The summed E-state index contributed by atoms with van der Waals surface area (Å²) in [5.74, 6) is -3.04. The van der Waals surface area contributed by atoms with Crippen LogP contribution >= 0.6 is 0 Å². The molecule has 0 radical (unpaired) electrons. The predicted molar refractivity (Wildman–Crippen MR) is 124 cm³/mol. The van der Waals surface area contributed by atoms with E-state index in [4.69, 9.17) is 9.84 Å². The van der Waals surface area contributed by atoms with Crippen molar-refractivity contribution in [2.45, 2.75) is 44.6 Å². The van der Waals surface area contributed by atoms with Gasteiger partial charge >= 0.3 is 5.97 Å². The van der Waals surface area contributed by atoms with Gasteiger partial charge in [-0.25, -0.2) is 18.7 Å². The molecule has 2 N–H and O–H groups in total. The SMILES string of the molecule is CC(F)(F)c1ccc2nc(-c3ccc(-c4ccc(OC5CCC(C(=O)O)CC5)nc4)nn3)[nH]c2c1. The van der Waals surface area contributed by atoms with E-state index < -0.39 is 11.9 Å². The zero-order valence-electron chi connectivity index (χ0n) is 18.9. The van der Waals surface area contributed by atoms with E-state index in [0.29, 0.717) is 59.8 Å². The van der Waals surface area contributed by atoms with Crippen LogP contribution in [0.2, 0.25) is 0 Å². The zero-order valence-corrected chi connectivity index (χ0v) is 18.9. The first-order valence-electron chi connectivity index (χ1n) is 11.3. The topological polar surface area (TPSA) is 114 Å². The van der Waals surface area contributed by atoms with Crippen molar-refractivity contribution in [2.75, 3.05) is 0 Å². The summed E-state index contributed by atoms with van der Waals surface area (Å²) in [5.41, 5.74) is 2.83. The Morgan fingerprint density at radius 2 is 1.80 bits per heavy atom. The molecule has 3 heterocycles. The van der Waals surface area contributed by atoms with Gasteiger partial charge in [-0.2, -0.15) is 0 Å². The lowest BCUT2D eigenvalue weighted by Gasteiger charge is -2.26. The molecule has 4 aromatic rings. The lowest BCUT2D eigenvalue weighted by atomic mass is 9.87. The van der Waals surface area contributed by atoms with Crippen LogP contribution in [-0.2, 0) is 10.7 Å². The zero-order chi connectivity index (χ0) is 24.6. The minimum atomic E-state index is -2.94. The van der Waals surface area contributed by atoms with Gasteiger partial charge in [0.1, 0.15) is 11.8 Å². The van der Waals surface area contributed by atoms with Crippen LogP contribution in [0, 0.1) is 5.92 Å². The molecular formula is C25H23F2N5O3. The van der Waals surface area contributed by atoms with Gasteiger partial charge in [-0.15, -0.1) is 10.2 Å². The Kier molecular flexibility index (Phi) is 5.88. The first-order valence-corrected chi connectivity index (χ1v) is 11.3. The molecule has 1 fully saturated rings. The number of fused-ring (bicyclic) bond motifs is 1. The van der Waals surface area contributed by atoms with Crippen molar-refractivity contribution in [1.82, 2.24) is 25.1 Å². The van der Waals surface area contributed by atoms with E-state index in [-0.39, 0.29) is 17.6 Å². The maximum atomic E-state index is 13.6. The number of imidazole rings is 1. The second kappa shape index (κ2) is 9.01. The molecule has 1 aromatic carbocycles. The molecule has 0 spiro atoms. The van der Waals surface area contributed by atoms with Crippen LogP contribution in [0.3, 0.4) is 0 Å². The smallest absolute Gasteiger partial charge is 0.306 e. The second-order valence-electron chi connectivity index (χ2n) is 8.82. The maximum absolute atomic E-state index is 13.6. The van der Waals surface area contributed by atoms with E-state index in [0.717, 1.165) is 12.5 Å². The Bertz CT molecular complexity index is 1340. The van der Waals surface area contributed by atoms with Gasteiger partial charge in [-0.1, -0.05) is 6.07 Å². The highest BCUT2D eigenvalue weighted by Crippen LogP contribution is 2.30. The monoisotopic (exact) mass is 479 g/mol. The first-order chi connectivity index (χ1) is 16.8. The van der Waals surface area contributed by atoms with Crippen molar-refractivity contribution in [2.24, 2.45) is 5.92 Å². The number of carboxylic acid groups (broad SMARTS) is 1. The number of hydrogen-bond acceptors (Lipinski definition) is 6. The third kappa shape index (κ3) is 4.96. The van der Waals surface area contributed by atoms with Gasteiger partial charge in [0.2, 0.25) is 5.88 Å². The summed E-state index contributed by atoms with van der Waals surface area (Å²) in [5, 5.41) is 17.6. The summed E-state index contributed by atoms with van der Waals surface area (Å²) < 4.78 is 33.1. The summed E-state index contributed by atoms with van der Waals surface area (Å²) in [6.07, 6.45) is 4.21. The molecule has 0 atom stereocenters. The molecule has 10 heteroatoms. The number of benzene rings is 1. The molecule has 0 amide bonds. The number of H-pyrrole nitrogens is 1. The second-order valence-corrected chi connectivity index (χ2v) is 8.82. The third-order valence-electron chi connectivity index (χ3n) is 6.24. The average Bonchev–Trinajstić information content (AvgIpc) is 3.28. The Hall–Kier alpha value is -3.95. The fourth-order valence-electron chi connectivity index (χ4n) is 4.22. The number of rotatable bonds is 6. The van der Waals surface area contributed by atoms with E-state index in [1.807, 2.05) is 6.07 Å². The number of carbonyl (C=O) groups is 1. The molecule has 1 aliphatic rings. The number of aromatic nitrogens is 5. The molecule has 3 aromatic heterocycles. The Labute approximate surface area is 199 Å².